The molecular weight excluding hydrogens is 122 g/mol. The molecule has 0 bridgehead atoms. The number of halogens is 1. The fraction of sp³-hybridized carbons (Fsp3) is 1.00. The zero-order valence-electron chi connectivity index (χ0n) is 6.24. The molecule has 52 valence electrons. The highest BCUT2D eigenvalue weighted by Gasteiger charge is 1.85. The van der Waals surface area contributed by atoms with Crippen LogP contribution in [0.2, 0.25) is 0 Å². The monoisotopic (exact) mass is 137 g/mol. The van der Waals surface area contributed by atoms with E-state index in [9.17, 15) is 0 Å². The maximum absolute atomic E-state index is 5.48. The molecule has 0 N–H and O–H groups in total. The van der Waals surface area contributed by atoms with E-state index < -0.39 is 0 Å². The van der Waals surface area contributed by atoms with E-state index in [0.29, 0.717) is 0 Å². The van der Waals surface area contributed by atoms with E-state index in [4.69, 9.17) is 11.8 Å². The van der Waals surface area contributed by atoms with Crippen molar-refractivity contribution in [2.24, 2.45) is 0 Å². The van der Waals surface area contributed by atoms with Crippen molar-refractivity contribution in [3.05, 3.63) is 0 Å². The van der Waals surface area contributed by atoms with E-state index in [-0.39, 0.29) is 0 Å². The van der Waals surface area contributed by atoms with Gasteiger partial charge in [0, 0.05) is 13.1 Å². The molecule has 2 heteroatoms. The summed E-state index contributed by atoms with van der Waals surface area (Å²) in [5.41, 5.74) is 0. The summed E-state index contributed by atoms with van der Waals surface area (Å²) in [4.78, 5) is 0. The van der Waals surface area contributed by atoms with Crippen LogP contribution in [0.5, 0.6) is 0 Å². The quantitative estimate of drug-likeness (QED) is 0.529. The smallest absolute Gasteiger partial charge is 0.0110 e. The van der Waals surface area contributed by atoms with Gasteiger partial charge in [-0.3, -0.25) is 0 Å². The van der Waals surface area contributed by atoms with Gasteiger partial charge >= 0.3 is 0 Å². The van der Waals surface area contributed by atoms with Crippen molar-refractivity contribution in [1.82, 2.24) is 4.42 Å². The van der Waals surface area contributed by atoms with E-state index in [1.54, 1.807) is 4.42 Å². The Balaban J connectivity index is 0. The molecule has 0 radical (unpaired) electrons. The Bertz CT molecular complexity index is 27.7. The third kappa shape index (κ3) is 9.54. The lowest BCUT2D eigenvalue weighted by atomic mass is 10.7. The molecule has 0 aliphatic heterocycles. The standard InChI is InChI=1S/C4H10ClN.C2H6/c1-3-6(5)4-2;1-2/h3-4H2,1-2H3;1-2H3. The van der Waals surface area contributed by atoms with Gasteiger partial charge in [0.1, 0.15) is 0 Å². The highest BCUT2D eigenvalue weighted by atomic mass is 35.5. The molecule has 0 saturated heterocycles. The highest BCUT2D eigenvalue weighted by molar-refractivity contribution is 6.13. The maximum Gasteiger partial charge on any atom is 0.0110 e. The second-order valence-corrected chi connectivity index (χ2v) is 1.57. The Morgan fingerprint density at radius 2 is 1.38 bits per heavy atom. The van der Waals surface area contributed by atoms with Crippen LogP contribution in [0.25, 0.3) is 0 Å². The Kier molecular flexibility index (Phi) is 14.3. The predicted octanol–water partition coefficient (Wildman–Crippen LogP) is 2.51. The van der Waals surface area contributed by atoms with Crippen LogP contribution >= 0.6 is 11.8 Å². The van der Waals surface area contributed by atoms with E-state index in [1.807, 2.05) is 27.7 Å². The molecule has 0 spiro atoms. The third-order valence-corrected chi connectivity index (χ3v) is 1.16. The van der Waals surface area contributed by atoms with Gasteiger partial charge in [0.25, 0.3) is 0 Å². The molecule has 0 fully saturated rings. The zero-order chi connectivity index (χ0) is 6.99. The van der Waals surface area contributed by atoms with Crippen LogP contribution in [0, 0.1) is 0 Å². The van der Waals surface area contributed by atoms with Crippen molar-refractivity contribution < 1.29 is 0 Å². The Hall–Kier alpha value is 0.250. The van der Waals surface area contributed by atoms with Gasteiger partial charge < -0.3 is 0 Å². The summed E-state index contributed by atoms with van der Waals surface area (Å²) in [5, 5.41) is 0. The summed E-state index contributed by atoms with van der Waals surface area (Å²) < 4.78 is 1.72. The molecule has 0 saturated carbocycles. The van der Waals surface area contributed by atoms with Crippen molar-refractivity contribution >= 4 is 11.8 Å². The first kappa shape index (κ1) is 11.1. The van der Waals surface area contributed by atoms with Crippen molar-refractivity contribution in [2.75, 3.05) is 13.1 Å². The lowest BCUT2D eigenvalue weighted by Gasteiger charge is -2.03. The number of rotatable bonds is 2. The van der Waals surface area contributed by atoms with Crippen molar-refractivity contribution in [3.63, 3.8) is 0 Å². The molecule has 0 heterocycles. The van der Waals surface area contributed by atoms with E-state index in [2.05, 4.69) is 0 Å². The van der Waals surface area contributed by atoms with Crippen molar-refractivity contribution in [2.45, 2.75) is 27.7 Å². The summed E-state index contributed by atoms with van der Waals surface area (Å²) in [7, 11) is 0. The van der Waals surface area contributed by atoms with Gasteiger partial charge in [-0.25, -0.2) is 4.42 Å². The van der Waals surface area contributed by atoms with E-state index >= 15 is 0 Å². The summed E-state index contributed by atoms with van der Waals surface area (Å²) >= 11 is 5.48. The average Bonchev–Trinajstić information content (AvgIpc) is 1.91. The minimum absolute atomic E-state index is 0.929. The first-order valence-corrected chi connectivity index (χ1v) is 3.55. The topological polar surface area (TPSA) is 3.24 Å². The number of hydrogen-bond acceptors (Lipinski definition) is 1. The normalized spacial score (nSPS) is 8.25. The van der Waals surface area contributed by atoms with Gasteiger partial charge in [0.05, 0.1) is 0 Å². The molecule has 0 atom stereocenters. The minimum Gasteiger partial charge on any atom is -0.221 e. The predicted molar refractivity (Wildman–Crippen MR) is 40.1 cm³/mol. The van der Waals surface area contributed by atoms with Gasteiger partial charge in [-0.05, 0) is 11.8 Å². The molecule has 0 amide bonds. The molecule has 0 aliphatic carbocycles. The lowest BCUT2D eigenvalue weighted by molar-refractivity contribution is 0.507. The summed E-state index contributed by atoms with van der Waals surface area (Å²) in [5.74, 6) is 0. The SMILES string of the molecule is CC.CCN(Cl)CC. The molecule has 0 aromatic carbocycles. The molecule has 0 unspecified atom stereocenters. The van der Waals surface area contributed by atoms with Crippen LogP contribution in [0.3, 0.4) is 0 Å². The van der Waals surface area contributed by atoms with Crippen LogP contribution < -0.4 is 0 Å². The molecule has 0 aliphatic rings. The number of hydrogen-bond donors (Lipinski definition) is 0. The first-order chi connectivity index (χ1) is 3.81. The van der Waals surface area contributed by atoms with E-state index in [0.717, 1.165) is 13.1 Å². The van der Waals surface area contributed by atoms with Crippen molar-refractivity contribution in [3.8, 4) is 0 Å². The average molecular weight is 138 g/mol. The molecule has 1 nitrogen and oxygen atoms in total. The Morgan fingerprint density at radius 1 is 1.12 bits per heavy atom. The third-order valence-electron chi connectivity index (χ3n) is 0.686. The summed E-state index contributed by atoms with van der Waals surface area (Å²) in [6.07, 6.45) is 0. The molecule has 0 rings (SSSR count). The van der Waals surface area contributed by atoms with Crippen LogP contribution in [0.15, 0.2) is 0 Å². The first-order valence-electron chi connectivity index (χ1n) is 3.22. The summed E-state index contributed by atoms with van der Waals surface area (Å²) in [6.45, 7) is 9.91. The van der Waals surface area contributed by atoms with Gasteiger partial charge in [0.2, 0.25) is 0 Å². The number of nitrogens with zero attached hydrogens (tertiary/aromatic N) is 1. The lowest BCUT2D eigenvalue weighted by Crippen LogP contribution is -2.08. The molecule has 0 aromatic heterocycles. The van der Waals surface area contributed by atoms with Crippen LogP contribution in [-0.2, 0) is 0 Å². The maximum atomic E-state index is 5.48. The molecule has 0 aromatic rings. The van der Waals surface area contributed by atoms with Crippen LogP contribution in [0.1, 0.15) is 27.7 Å². The second-order valence-electron chi connectivity index (χ2n) is 1.10. The van der Waals surface area contributed by atoms with Gasteiger partial charge in [0.15, 0.2) is 0 Å². The zero-order valence-corrected chi connectivity index (χ0v) is 7.00. The van der Waals surface area contributed by atoms with Gasteiger partial charge in [-0.15, -0.1) is 0 Å². The molecular formula is C6H16ClN. The fourth-order valence-corrected chi connectivity index (χ4v) is 0.224. The van der Waals surface area contributed by atoms with Crippen LogP contribution in [-0.4, -0.2) is 17.5 Å². The minimum atomic E-state index is 0.929. The Labute approximate surface area is 57.7 Å². The van der Waals surface area contributed by atoms with Gasteiger partial charge in [-0.1, -0.05) is 27.7 Å². The van der Waals surface area contributed by atoms with Crippen molar-refractivity contribution in [1.29, 1.82) is 0 Å². The Morgan fingerprint density at radius 3 is 1.38 bits per heavy atom. The highest BCUT2D eigenvalue weighted by Crippen LogP contribution is 1.87. The van der Waals surface area contributed by atoms with E-state index in [1.165, 1.54) is 0 Å². The van der Waals surface area contributed by atoms with Gasteiger partial charge in [-0.2, -0.15) is 0 Å². The largest absolute Gasteiger partial charge is 0.221 e. The fourth-order valence-electron chi connectivity index (χ4n) is 0.224. The summed E-state index contributed by atoms with van der Waals surface area (Å²) in [6, 6.07) is 0. The van der Waals surface area contributed by atoms with Crippen LogP contribution in [0.4, 0.5) is 0 Å². The molecule has 8 heavy (non-hydrogen) atoms. The second kappa shape index (κ2) is 10.3.